The average Bonchev–Trinajstić information content (AvgIpc) is 2.42. The molecule has 0 bridgehead atoms. The molecule has 0 unspecified atom stereocenters. The van der Waals surface area contributed by atoms with Crippen molar-refractivity contribution < 1.29 is 17.6 Å². The van der Waals surface area contributed by atoms with Crippen LogP contribution in [0.3, 0.4) is 0 Å². The highest BCUT2D eigenvalue weighted by Gasteiger charge is 2.14. The number of carbonyl (C=O) groups is 1. The minimum Gasteiger partial charge on any atom is -0.323 e. The van der Waals surface area contributed by atoms with Crippen molar-refractivity contribution in [1.29, 1.82) is 0 Å². The van der Waals surface area contributed by atoms with Crippen molar-refractivity contribution in [3.05, 3.63) is 58.9 Å². The van der Waals surface area contributed by atoms with Crippen molar-refractivity contribution in [1.82, 2.24) is 0 Å². The monoisotopic (exact) mass is 341 g/mol. The molecule has 4 nitrogen and oxygen atoms in total. The van der Waals surface area contributed by atoms with Crippen LogP contribution < -0.4 is 5.32 Å². The highest BCUT2D eigenvalue weighted by molar-refractivity contribution is 7.90. The largest absolute Gasteiger partial charge is 0.323 e. The summed E-state index contributed by atoms with van der Waals surface area (Å²) in [5, 5.41) is 2.79. The number of amides is 1. The summed E-state index contributed by atoms with van der Waals surface area (Å²) < 4.78 is 36.6. The molecule has 2 aromatic carbocycles. The summed E-state index contributed by atoms with van der Waals surface area (Å²) in [6.45, 7) is 0. The molecule has 0 heterocycles. The van der Waals surface area contributed by atoms with Gasteiger partial charge >= 0.3 is 0 Å². The van der Waals surface area contributed by atoms with Gasteiger partial charge in [-0.05, 0) is 29.8 Å². The number of benzene rings is 2. The normalized spacial score (nSPS) is 11.2. The van der Waals surface area contributed by atoms with Crippen LogP contribution in [-0.4, -0.2) is 20.6 Å². The summed E-state index contributed by atoms with van der Waals surface area (Å²) in [4.78, 5) is 11.9. The second-order valence-electron chi connectivity index (χ2n) is 4.73. The van der Waals surface area contributed by atoms with Gasteiger partial charge in [0.1, 0.15) is 5.82 Å². The molecular weight excluding hydrogens is 329 g/mol. The molecule has 1 N–H and O–H groups in total. The molecule has 0 atom stereocenters. The van der Waals surface area contributed by atoms with E-state index >= 15 is 0 Å². The van der Waals surface area contributed by atoms with Crippen molar-refractivity contribution in [2.75, 3.05) is 11.6 Å². The van der Waals surface area contributed by atoms with Crippen molar-refractivity contribution in [2.45, 2.75) is 11.3 Å². The Hall–Kier alpha value is -1.92. The molecule has 0 radical (unpaired) electrons. The molecule has 0 spiro atoms. The van der Waals surface area contributed by atoms with Gasteiger partial charge in [-0.3, -0.25) is 4.79 Å². The van der Waals surface area contributed by atoms with Crippen molar-refractivity contribution in [2.24, 2.45) is 0 Å². The second kappa shape index (κ2) is 6.46. The maximum Gasteiger partial charge on any atom is 0.228 e. The van der Waals surface area contributed by atoms with Gasteiger partial charge in [-0.1, -0.05) is 29.8 Å². The Morgan fingerprint density at radius 2 is 1.91 bits per heavy atom. The molecule has 2 rings (SSSR count). The van der Waals surface area contributed by atoms with Crippen molar-refractivity contribution >= 4 is 33.0 Å². The molecule has 0 saturated carbocycles. The third-order valence-electron chi connectivity index (χ3n) is 2.95. The van der Waals surface area contributed by atoms with E-state index in [9.17, 15) is 17.6 Å². The third-order valence-corrected chi connectivity index (χ3v) is 4.43. The Balaban J connectivity index is 2.20. The summed E-state index contributed by atoms with van der Waals surface area (Å²) in [6.07, 6.45) is 0.970. The minimum atomic E-state index is -3.48. The lowest BCUT2D eigenvalue weighted by Crippen LogP contribution is -2.16. The van der Waals surface area contributed by atoms with Crippen molar-refractivity contribution in [3.8, 4) is 0 Å². The van der Waals surface area contributed by atoms with Gasteiger partial charge in [0.25, 0.3) is 0 Å². The molecule has 0 fully saturated rings. The summed E-state index contributed by atoms with van der Waals surface area (Å²) in [5.41, 5.74) is 0.418. The number of nitrogens with one attached hydrogen (secondary N) is 1. The Morgan fingerprint density at radius 3 is 2.55 bits per heavy atom. The maximum absolute atomic E-state index is 13.7. The van der Waals surface area contributed by atoms with E-state index in [0.29, 0.717) is 10.6 Å². The number of rotatable bonds is 4. The van der Waals surface area contributed by atoms with E-state index in [1.54, 1.807) is 24.3 Å². The average molecular weight is 342 g/mol. The highest BCUT2D eigenvalue weighted by atomic mass is 35.5. The lowest BCUT2D eigenvalue weighted by molar-refractivity contribution is -0.115. The van der Waals surface area contributed by atoms with Crippen LogP contribution in [0.5, 0.6) is 0 Å². The topological polar surface area (TPSA) is 63.2 Å². The van der Waals surface area contributed by atoms with Crippen LogP contribution in [0, 0.1) is 5.82 Å². The molecule has 22 heavy (non-hydrogen) atoms. The van der Waals surface area contributed by atoms with Gasteiger partial charge in [0.2, 0.25) is 5.91 Å². The Morgan fingerprint density at radius 1 is 1.23 bits per heavy atom. The predicted octanol–water partition coefficient (Wildman–Crippen LogP) is 3.06. The zero-order valence-electron chi connectivity index (χ0n) is 11.6. The molecule has 2 aromatic rings. The Bertz CT molecular complexity index is 821. The smallest absolute Gasteiger partial charge is 0.228 e. The van der Waals surface area contributed by atoms with E-state index in [1.807, 2.05) is 0 Å². The van der Waals surface area contributed by atoms with E-state index < -0.39 is 21.6 Å². The third kappa shape index (κ3) is 4.05. The van der Waals surface area contributed by atoms with Gasteiger partial charge in [0, 0.05) is 11.3 Å². The molecular formula is C15H13ClFNO3S. The molecule has 116 valence electrons. The zero-order chi connectivity index (χ0) is 16.3. The highest BCUT2D eigenvalue weighted by Crippen LogP contribution is 2.21. The quantitative estimate of drug-likeness (QED) is 0.869. The molecule has 1 amide bonds. The van der Waals surface area contributed by atoms with Gasteiger partial charge in [-0.25, -0.2) is 12.8 Å². The summed E-state index contributed by atoms with van der Waals surface area (Å²) in [7, 11) is -3.48. The zero-order valence-corrected chi connectivity index (χ0v) is 13.2. The first-order chi connectivity index (χ1) is 10.3. The van der Waals surface area contributed by atoms with E-state index in [1.165, 1.54) is 0 Å². The van der Waals surface area contributed by atoms with Crippen LogP contribution in [0.4, 0.5) is 10.1 Å². The fourth-order valence-electron chi connectivity index (χ4n) is 1.84. The van der Waals surface area contributed by atoms with Crippen LogP contribution >= 0.6 is 11.6 Å². The van der Waals surface area contributed by atoms with Crippen molar-refractivity contribution in [3.63, 3.8) is 0 Å². The molecule has 0 aliphatic carbocycles. The molecule has 0 aromatic heterocycles. The van der Waals surface area contributed by atoms with Gasteiger partial charge in [0.15, 0.2) is 9.84 Å². The SMILES string of the molecule is CS(=O)(=O)c1ccc(F)c(NC(=O)Cc2ccccc2Cl)c1. The van der Waals surface area contributed by atoms with Crippen LogP contribution in [0.25, 0.3) is 0 Å². The van der Waals surface area contributed by atoms with E-state index in [0.717, 1.165) is 24.5 Å². The first-order valence-electron chi connectivity index (χ1n) is 6.30. The first kappa shape index (κ1) is 16.5. The summed E-state index contributed by atoms with van der Waals surface area (Å²) >= 11 is 5.95. The first-order valence-corrected chi connectivity index (χ1v) is 8.57. The number of sulfone groups is 1. The fourth-order valence-corrected chi connectivity index (χ4v) is 2.69. The number of halogens is 2. The van der Waals surface area contributed by atoms with E-state index in [2.05, 4.69) is 5.32 Å². The number of anilines is 1. The van der Waals surface area contributed by atoms with E-state index in [-0.39, 0.29) is 17.0 Å². The second-order valence-corrected chi connectivity index (χ2v) is 7.15. The minimum absolute atomic E-state index is 0.0395. The predicted molar refractivity (Wildman–Crippen MR) is 83.3 cm³/mol. The number of hydrogen-bond acceptors (Lipinski definition) is 3. The van der Waals surface area contributed by atoms with Crippen LogP contribution in [-0.2, 0) is 21.1 Å². The van der Waals surface area contributed by atoms with Crippen LogP contribution in [0.2, 0.25) is 5.02 Å². The molecule has 0 aliphatic rings. The Kier molecular flexibility index (Phi) is 4.83. The lowest BCUT2D eigenvalue weighted by atomic mass is 10.1. The van der Waals surface area contributed by atoms with Gasteiger partial charge in [-0.15, -0.1) is 0 Å². The van der Waals surface area contributed by atoms with Gasteiger partial charge in [0.05, 0.1) is 17.0 Å². The number of hydrogen-bond donors (Lipinski definition) is 1. The summed E-state index contributed by atoms with van der Waals surface area (Å²) in [6, 6.07) is 10.0. The van der Waals surface area contributed by atoms with Gasteiger partial charge < -0.3 is 5.32 Å². The Labute approximate surface area is 132 Å². The standard InChI is InChI=1S/C15H13ClFNO3S/c1-22(20,21)11-6-7-13(17)14(9-11)18-15(19)8-10-4-2-3-5-12(10)16/h2-7,9H,8H2,1H3,(H,18,19). The molecule has 0 aliphatic heterocycles. The maximum atomic E-state index is 13.7. The number of carbonyl (C=O) groups excluding carboxylic acids is 1. The molecule has 0 saturated heterocycles. The van der Waals surface area contributed by atoms with E-state index in [4.69, 9.17) is 11.6 Å². The van der Waals surface area contributed by atoms with Crippen LogP contribution in [0.1, 0.15) is 5.56 Å². The lowest BCUT2D eigenvalue weighted by Gasteiger charge is -2.09. The fraction of sp³-hybridized carbons (Fsp3) is 0.133. The summed E-state index contributed by atoms with van der Waals surface area (Å²) in [5.74, 6) is -1.20. The van der Waals surface area contributed by atoms with Gasteiger partial charge in [-0.2, -0.15) is 0 Å². The van der Waals surface area contributed by atoms with Crippen LogP contribution in [0.15, 0.2) is 47.4 Å². The molecule has 7 heteroatoms.